The van der Waals surface area contributed by atoms with Crippen molar-refractivity contribution < 1.29 is 0 Å². The van der Waals surface area contributed by atoms with Crippen LogP contribution in [0.25, 0.3) is 0 Å². The largest absolute Gasteiger partial charge is 0.280 e. The predicted octanol–water partition coefficient (Wildman–Crippen LogP) is 6.38. The molecule has 1 aliphatic carbocycles. The minimum Gasteiger partial charge on any atom is -0.280 e. The second-order valence-corrected chi connectivity index (χ2v) is 7.66. The lowest BCUT2D eigenvalue weighted by molar-refractivity contribution is 0.311. The summed E-state index contributed by atoms with van der Waals surface area (Å²) in [6.45, 7) is 4.05. The van der Waals surface area contributed by atoms with Gasteiger partial charge in [-0.15, -0.1) is 0 Å². The van der Waals surface area contributed by atoms with Crippen LogP contribution in [-0.2, 0) is 0 Å². The molecule has 24 heavy (non-hydrogen) atoms. The first kappa shape index (κ1) is 17.2. The van der Waals surface area contributed by atoms with Crippen LogP contribution in [0.2, 0.25) is 0 Å². The summed E-state index contributed by atoms with van der Waals surface area (Å²) >= 11 is 3.55. The summed E-state index contributed by atoms with van der Waals surface area (Å²) in [5.41, 5.74) is 3.52. The number of rotatable bonds is 5. The van der Waals surface area contributed by atoms with E-state index in [-0.39, 0.29) is 0 Å². The average Bonchev–Trinajstić information content (AvgIpc) is 2.62. The van der Waals surface area contributed by atoms with Crippen LogP contribution in [0.3, 0.4) is 0 Å². The van der Waals surface area contributed by atoms with Crippen molar-refractivity contribution >= 4 is 21.6 Å². The lowest BCUT2D eigenvalue weighted by Gasteiger charge is -2.29. The molecule has 0 saturated heterocycles. The Kier molecular flexibility index (Phi) is 6.03. The van der Waals surface area contributed by atoms with Crippen LogP contribution in [0, 0.1) is 5.92 Å². The van der Waals surface area contributed by atoms with Gasteiger partial charge in [-0.1, -0.05) is 96.0 Å². The van der Waals surface area contributed by atoms with Crippen molar-refractivity contribution in [2.45, 2.75) is 38.1 Å². The van der Waals surface area contributed by atoms with E-state index in [1.165, 1.54) is 36.8 Å². The van der Waals surface area contributed by atoms with E-state index >= 15 is 0 Å². The molecular formula is C22H24BrN. The summed E-state index contributed by atoms with van der Waals surface area (Å²) in [5, 5.41) is 0. The van der Waals surface area contributed by atoms with Gasteiger partial charge in [-0.05, 0) is 29.7 Å². The molecule has 3 rings (SSSR count). The van der Waals surface area contributed by atoms with E-state index in [4.69, 9.17) is 4.99 Å². The maximum Gasteiger partial charge on any atom is 0.0722 e. The summed E-state index contributed by atoms with van der Waals surface area (Å²) in [6.07, 6.45) is 6.02. The van der Waals surface area contributed by atoms with Crippen LogP contribution in [0.1, 0.15) is 43.2 Å². The second-order valence-electron chi connectivity index (χ2n) is 6.54. The Morgan fingerprint density at radius 1 is 0.917 bits per heavy atom. The number of halogens is 1. The molecule has 1 nitrogen and oxygen atoms in total. The molecule has 2 atom stereocenters. The summed E-state index contributed by atoms with van der Waals surface area (Å²) < 4.78 is 1.09. The molecule has 0 spiro atoms. The molecule has 1 fully saturated rings. The molecule has 0 aliphatic heterocycles. The Bertz CT molecular complexity index is 649. The number of hydrogen-bond donors (Lipinski definition) is 0. The van der Waals surface area contributed by atoms with Crippen molar-refractivity contribution in [2.24, 2.45) is 10.9 Å². The van der Waals surface area contributed by atoms with Crippen molar-refractivity contribution in [1.29, 1.82) is 0 Å². The molecule has 0 amide bonds. The summed E-state index contributed by atoms with van der Waals surface area (Å²) in [6, 6.07) is 21.5. The van der Waals surface area contributed by atoms with Gasteiger partial charge >= 0.3 is 0 Å². The zero-order valence-corrected chi connectivity index (χ0v) is 15.6. The summed E-state index contributed by atoms with van der Waals surface area (Å²) in [7, 11) is 0. The van der Waals surface area contributed by atoms with E-state index in [9.17, 15) is 0 Å². The molecule has 2 heteroatoms. The zero-order chi connectivity index (χ0) is 16.8. The average molecular weight is 382 g/mol. The highest BCUT2D eigenvalue weighted by molar-refractivity contribution is 9.11. The minimum absolute atomic E-state index is 0.378. The van der Waals surface area contributed by atoms with Gasteiger partial charge < -0.3 is 0 Å². The molecule has 1 saturated carbocycles. The summed E-state index contributed by atoms with van der Waals surface area (Å²) in [5.74, 6) is 0.591. The van der Waals surface area contributed by atoms with Gasteiger partial charge in [0, 0.05) is 11.1 Å². The van der Waals surface area contributed by atoms with Crippen molar-refractivity contribution in [3.8, 4) is 0 Å². The molecule has 0 radical (unpaired) electrons. The van der Waals surface area contributed by atoms with Gasteiger partial charge in [-0.2, -0.15) is 0 Å². The van der Waals surface area contributed by atoms with E-state index in [2.05, 4.69) is 83.2 Å². The third-order valence-electron chi connectivity index (χ3n) is 4.74. The Balaban J connectivity index is 1.97. The SMILES string of the molecule is C=C(Br)C[C@H]1CCCC[C@@H]1N=C(c1ccccc1)c1ccccc1. The van der Waals surface area contributed by atoms with E-state index in [1.807, 2.05) is 0 Å². The highest BCUT2D eigenvalue weighted by Crippen LogP contribution is 2.33. The third-order valence-corrected chi connectivity index (χ3v) is 5.07. The first-order valence-electron chi connectivity index (χ1n) is 8.76. The molecular weight excluding hydrogens is 358 g/mol. The van der Waals surface area contributed by atoms with Gasteiger partial charge in [0.05, 0.1) is 11.8 Å². The van der Waals surface area contributed by atoms with E-state index < -0.39 is 0 Å². The lowest BCUT2D eigenvalue weighted by Crippen LogP contribution is -2.25. The van der Waals surface area contributed by atoms with Crippen LogP contribution in [-0.4, -0.2) is 11.8 Å². The van der Waals surface area contributed by atoms with Crippen LogP contribution < -0.4 is 0 Å². The zero-order valence-electron chi connectivity index (χ0n) is 14.0. The van der Waals surface area contributed by atoms with Crippen molar-refractivity contribution in [2.75, 3.05) is 0 Å². The van der Waals surface area contributed by atoms with E-state index in [1.54, 1.807) is 0 Å². The molecule has 0 bridgehead atoms. The van der Waals surface area contributed by atoms with Crippen molar-refractivity contribution in [3.05, 3.63) is 82.9 Å². The van der Waals surface area contributed by atoms with Gasteiger partial charge in [0.1, 0.15) is 0 Å². The smallest absolute Gasteiger partial charge is 0.0722 e. The van der Waals surface area contributed by atoms with Crippen LogP contribution in [0.4, 0.5) is 0 Å². The van der Waals surface area contributed by atoms with Gasteiger partial charge in [-0.3, -0.25) is 4.99 Å². The monoisotopic (exact) mass is 381 g/mol. The maximum absolute atomic E-state index is 5.27. The highest BCUT2D eigenvalue weighted by Gasteiger charge is 2.25. The molecule has 2 aromatic carbocycles. The quantitative estimate of drug-likeness (QED) is 0.532. The fourth-order valence-electron chi connectivity index (χ4n) is 3.55. The van der Waals surface area contributed by atoms with Crippen LogP contribution >= 0.6 is 15.9 Å². The van der Waals surface area contributed by atoms with Gasteiger partial charge in [0.2, 0.25) is 0 Å². The fraction of sp³-hybridized carbons (Fsp3) is 0.318. The highest BCUT2D eigenvalue weighted by atomic mass is 79.9. The lowest BCUT2D eigenvalue weighted by atomic mass is 9.82. The summed E-state index contributed by atoms with van der Waals surface area (Å²) in [4.78, 5) is 5.27. The molecule has 2 aromatic rings. The molecule has 0 heterocycles. The standard InChI is InChI=1S/C22H24BrN/c1-17(23)16-20-14-8-9-15-21(20)24-22(18-10-4-2-5-11-18)19-12-6-3-7-13-19/h2-7,10-13,20-21H,1,8-9,14-16H2/t20-,21+/m1/s1. The van der Waals surface area contributed by atoms with Gasteiger partial charge in [-0.25, -0.2) is 0 Å². The molecule has 1 aliphatic rings. The van der Waals surface area contributed by atoms with Gasteiger partial charge in [0.15, 0.2) is 0 Å². The van der Waals surface area contributed by atoms with Crippen LogP contribution in [0.15, 0.2) is 76.7 Å². The predicted molar refractivity (Wildman–Crippen MR) is 107 cm³/mol. The Morgan fingerprint density at radius 3 is 2.00 bits per heavy atom. The van der Waals surface area contributed by atoms with E-state index in [0.717, 1.165) is 16.6 Å². The Hall–Kier alpha value is -1.67. The third kappa shape index (κ3) is 4.45. The molecule has 0 aromatic heterocycles. The topological polar surface area (TPSA) is 12.4 Å². The first-order chi connectivity index (χ1) is 11.7. The Labute approximate surface area is 153 Å². The number of nitrogens with zero attached hydrogens (tertiary/aromatic N) is 1. The second kappa shape index (κ2) is 8.43. The van der Waals surface area contributed by atoms with Crippen LogP contribution in [0.5, 0.6) is 0 Å². The van der Waals surface area contributed by atoms with E-state index in [0.29, 0.717) is 12.0 Å². The van der Waals surface area contributed by atoms with Crippen molar-refractivity contribution in [3.63, 3.8) is 0 Å². The number of hydrogen-bond acceptors (Lipinski definition) is 1. The number of aliphatic imine (C=N–C) groups is 1. The minimum atomic E-state index is 0.378. The number of benzene rings is 2. The number of allylic oxidation sites excluding steroid dienone is 1. The van der Waals surface area contributed by atoms with Crippen molar-refractivity contribution in [1.82, 2.24) is 0 Å². The molecule has 0 N–H and O–H groups in total. The maximum atomic E-state index is 5.27. The first-order valence-corrected chi connectivity index (χ1v) is 9.55. The normalized spacial score (nSPS) is 20.4. The Morgan fingerprint density at radius 2 is 1.46 bits per heavy atom. The van der Waals surface area contributed by atoms with Gasteiger partial charge in [0.25, 0.3) is 0 Å². The molecule has 0 unspecified atom stereocenters. The fourth-order valence-corrected chi connectivity index (χ4v) is 3.97. The molecule has 124 valence electrons.